The van der Waals surface area contributed by atoms with Crippen molar-refractivity contribution in [2.45, 2.75) is 6.17 Å². The smallest absolute Gasteiger partial charge is 0.287 e. The maximum atomic E-state index is 13.2. The molecule has 1 unspecified atom stereocenters. The van der Waals surface area contributed by atoms with Gasteiger partial charge in [-0.25, -0.2) is 5.01 Å². The van der Waals surface area contributed by atoms with Gasteiger partial charge in [-0.1, -0.05) is 35.9 Å². The number of rotatable bonds is 4. The normalized spacial score (nSPS) is 15.1. The number of anilines is 1. The number of carbonyl (C=O) groups is 2. The Bertz CT molecular complexity index is 1220. The topological polar surface area (TPSA) is 105 Å². The van der Waals surface area contributed by atoms with Gasteiger partial charge in [-0.3, -0.25) is 25.1 Å². The molecular formula is C21H14ClIN4O4. The van der Waals surface area contributed by atoms with E-state index >= 15 is 0 Å². The van der Waals surface area contributed by atoms with Crippen LogP contribution in [0.2, 0.25) is 5.02 Å². The highest BCUT2D eigenvalue weighted by Crippen LogP contribution is 2.35. The lowest BCUT2D eigenvalue weighted by Crippen LogP contribution is -2.53. The molecule has 156 valence electrons. The van der Waals surface area contributed by atoms with Gasteiger partial charge in [0.25, 0.3) is 17.5 Å². The first-order valence-electron chi connectivity index (χ1n) is 9.05. The highest BCUT2D eigenvalue weighted by molar-refractivity contribution is 14.1. The molecule has 0 saturated heterocycles. The van der Waals surface area contributed by atoms with E-state index < -0.39 is 22.9 Å². The van der Waals surface area contributed by atoms with E-state index in [0.717, 1.165) is 3.57 Å². The molecule has 0 bridgehead atoms. The number of nitrogens with one attached hydrogen (secondary N) is 2. The summed E-state index contributed by atoms with van der Waals surface area (Å²) in [7, 11) is 0. The molecule has 31 heavy (non-hydrogen) atoms. The fourth-order valence-electron chi connectivity index (χ4n) is 3.26. The van der Waals surface area contributed by atoms with Gasteiger partial charge in [0.15, 0.2) is 0 Å². The van der Waals surface area contributed by atoms with E-state index in [4.69, 9.17) is 11.6 Å². The summed E-state index contributed by atoms with van der Waals surface area (Å²) in [5.41, 5.74) is 4.27. The summed E-state index contributed by atoms with van der Waals surface area (Å²) in [5, 5.41) is 15.4. The zero-order valence-electron chi connectivity index (χ0n) is 15.7. The van der Waals surface area contributed by atoms with Gasteiger partial charge in [0.1, 0.15) is 11.2 Å². The molecule has 0 aromatic heterocycles. The lowest BCUT2D eigenvalue weighted by Gasteiger charge is -2.37. The number of halogens is 2. The molecule has 0 fully saturated rings. The number of benzene rings is 3. The molecule has 0 radical (unpaired) electrons. The zero-order valence-corrected chi connectivity index (χ0v) is 18.6. The minimum absolute atomic E-state index is 0.0699. The summed E-state index contributed by atoms with van der Waals surface area (Å²) in [4.78, 5) is 36.7. The second-order valence-corrected chi connectivity index (χ2v) is 8.23. The molecule has 10 heteroatoms. The van der Waals surface area contributed by atoms with Gasteiger partial charge in [0.05, 0.1) is 16.1 Å². The van der Waals surface area contributed by atoms with Crippen LogP contribution in [0, 0.1) is 13.7 Å². The first kappa shape index (κ1) is 21.1. The highest BCUT2D eigenvalue weighted by Gasteiger charge is 2.35. The van der Waals surface area contributed by atoms with Crippen LogP contribution in [-0.2, 0) is 0 Å². The van der Waals surface area contributed by atoms with Gasteiger partial charge in [0, 0.05) is 15.3 Å². The molecule has 1 aliphatic rings. The summed E-state index contributed by atoms with van der Waals surface area (Å²) in [6.07, 6.45) is -0.828. The maximum Gasteiger partial charge on any atom is 0.287 e. The minimum Gasteiger partial charge on any atom is -0.359 e. The molecule has 2 N–H and O–H groups in total. The van der Waals surface area contributed by atoms with Crippen LogP contribution in [0.15, 0.2) is 66.7 Å². The summed E-state index contributed by atoms with van der Waals surface area (Å²) < 4.78 is 0.727. The van der Waals surface area contributed by atoms with E-state index in [1.54, 1.807) is 42.5 Å². The summed E-state index contributed by atoms with van der Waals surface area (Å²) in [5.74, 6) is -0.884. The Balaban J connectivity index is 1.75. The van der Waals surface area contributed by atoms with Gasteiger partial charge in [-0.05, 0) is 64.6 Å². The number of hydrogen-bond acceptors (Lipinski definition) is 5. The van der Waals surface area contributed by atoms with Crippen LogP contribution < -0.4 is 10.7 Å². The van der Waals surface area contributed by atoms with Crippen molar-refractivity contribution in [3.8, 4) is 0 Å². The third-order valence-corrected chi connectivity index (χ3v) is 5.99. The van der Waals surface area contributed by atoms with Gasteiger partial charge in [-0.2, -0.15) is 0 Å². The van der Waals surface area contributed by atoms with Crippen molar-refractivity contribution in [2.24, 2.45) is 0 Å². The Morgan fingerprint density at radius 2 is 1.84 bits per heavy atom. The van der Waals surface area contributed by atoms with Gasteiger partial charge in [-0.15, -0.1) is 0 Å². The molecule has 0 saturated carbocycles. The van der Waals surface area contributed by atoms with Crippen LogP contribution in [0.25, 0.3) is 0 Å². The number of para-hydroxylation sites is 1. The van der Waals surface area contributed by atoms with Crippen molar-refractivity contribution < 1.29 is 14.5 Å². The Labute approximate surface area is 195 Å². The average Bonchev–Trinajstić information content (AvgIpc) is 2.75. The Morgan fingerprint density at radius 3 is 2.55 bits per heavy atom. The van der Waals surface area contributed by atoms with Crippen LogP contribution in [0.4, 0.5) is 11.4 Å². The second kappa shape index (κ2) is 8.52. The first-order valence-corrected chi connectivity index (χ1v) is 10.5. The molecule has 2 amide bonds. The van der Waals surface area contributed by atoms with Crippen molar-refractivity contribution in [3.05, 3.63) is 102 Å². The second-order valence-electron chi connectivity index (χ2n) is 6.66. The molecule has 3 aromatic carbocycles. The summed E-state index contributed by atoms with van der Waals surface area (Å²) in [6, 6.07) is 18.0. The van der Waals surface area contributed by atoms with E-state index in [-0.39, 0.29) is 10.7 Å². The third-order valence-electron chi connectivity index (χ3n) is 4.75. The summed E-state index contributed by atoms with van der Waals surface area (Å²) >= 11 is 8.13. The molecule has 0 spiro atoms. The zero-order chi connectivity index (χ0) is 22.1. The lowest BCUT2D eigenvalue weighted by molar-refractivity contribution is -0.384. The van der Waals surface area contributed by atoms with Crippen LogP contribution >= 0.6 is 34.2 Å². The Morgan fingerprint density at radius 1 is 1.13 bits per heavy atom. The number of amides is 2. The fourth-order valence-corrected chi connectivity index (χ4v) is 4.15. The molecule has 0 aliphatic carbocycles. The van der Waals surface area contributed by atoms with Crippen LogP contribution in [0.3, 0.4) is 0 Å². The number of fused-ring (bicyclic) bond motifs is 1. The number of nitrogens with zero attached hydrogens (tertiary/aromatic N) is 2. The maximum absolute atomic E-state index is 13.2. The quantitative estimate of drug-likeness (QED) is 0.278. The minimum atomic E-state index is -0.828. The van der Waals surface area contributed by atoms with Crippen LogP contribution in [-0.4, -0.2) is 21.7 Å². The van der Waals surface area contributed by atoms with Gasteiger partial charge < -0.3 is 5.32 Å². The first-order chi connectivity index (χ1) is 14.9. The molecule has 1 aliphatic heterocycles. The Kier molecular flexibility index (Phi) is 5.79. The lowest BCUT2D eigenvalue weighted by atomic mass is 10.0. The van der Waals surface area contributed by atoms with Crippen LogP contribution in [0.5, 0.6) is 0 Å². The predicted molar refractivity (Wildman–Crippen MR) is 124 cm³/mol. The number of nitro groups is 1. The monoisotopic (exact) mass is 548 g/mol. The highest BCUT2D eigenvalue weighted by atomic mass is 127. The number of hydrazine groups is 1. The number of carbonyl (C=O) groups excluding carboxylic acids is 2. The largest absolute Gasteiger partial charge is 0.359 e. The van der Waals surface area contributed by atoms with E-state index in [1.807, 2.05) is 28.7 Å². The van der Waals surface area contributed by atoms with Crippen molar-refractivity contribution in [1.29, 1.82) is 0 Å². The SMILES string of the molecule is O=C(NN1C(=O)c2ccccc2NC1c1ccc([N+](=O)[O-])c(Cl)c1)c1ccccc1I. The molecule has 1 atom stereocenters. The molecular weight excluding hydrogens is 535 g/mol. The van der Waals surface area contributed by atoms with E-state index in [0.29, 0.717) is 22.4 Å². The molecule has 3 aromatic rings. The van der Waals surface area contributed by atoms with E-state index in [9.17, 15) is 19.7 Å². The van der Waals surface area contributed by atoms with Crippen molar-refractivity contribution in [1.82, 2.24) is 10.4 Å². The standard InChI is InChI=1S/C21H14ClIN4O4/c22-15-11-12(9-10-18(15)27(30)31)19-24-17-8-4-2-6-14(17)21(29)26(19)25-20(28)13-5-1-3-7-16(13)23/h1-11,19,24H,(H,25,28). The molecule has 8 nitrogen and oxygen atoms in total. The number of nitro benzene ring substituents is 1. The number of hydrogen-bond donors (Lipinski definition) is 2. The fraction of sp³-hybridized carbons (Fsp3) is 0.0476. The van der Waals surface area contributed by atoms with Crippen LogP contribution in [0.1, 0.15) is 32.4 Å². The molecule has 4 rings (SSSR count). The van der Waals surface area contributed by atoms with Crippen molar-refractivity contribution >= 4 is 57.4 Å². The van der Waals surface area contributed by atoms with E-state index in [1.165, 1.54) is 23.2 Å². The van der Waals surface area contributed by atoms with Crippen molar-refractivity contribution in [2.75, 3.05) is 5.32 Å². The summed E-state index contributed by atoms with van der Waals surface area (Å²) in [6.45, 7) is 0. The van der Waals surface area contributed by atoms with Gasteiger partial charge in [0.2, 0.25) is 0 Å². The van der Waals surface area contributed by atoms with Crippen molar-refractivity contribution in [3.63, 3.8) is 0 Å². The Hall–Kier alpha value is -3.18. The van der Waals surface area contributed by atoms with E-state index in [2.05, 4.69) is 10.7 Å². The average molecular weight is 549 g/mol. The third kappa shape index (κ3) is 4.06. The molecule has 1 heterocycles. The predicted octanol–water partition coefficient (Wildman–Crippen LogP) is 4.76. The van der Waals surface area contributed by atoms with Gasteiger partial charge >= 0.3 is 0 Å².